The van der Waals surface area contributed by atoms with E-state index >= 15 is 0 Å². The van der Waals surface area contributed by atoms with Crippen molar-refractivity contribution in [2.45, 2.75) is 6.42 Å². The van der Waals surface area contributed by atoms with Crippen LogP contribution in [-0.2, 0) is 0 Å². The maximum Gasteiger partial charge on any atom is 0.225 e. The molecule has 0 saturated heterocycles. The molecule has 0 aliphatic rings. The van der Waals surface area contributed by atoms with E-state index in [0.717, 1.165) is 36.7 Å². The first-order chi connectivity index (χ1) is 13.5. The molecule has 0 saturated carbocycles. The molecule has 3 rings (SSSR count). The fourth-order valence-electron chi connectivity index (χ4n) is 2.58. The van der Waals surface area contributed by atoms with Crippen molar-refractivity contribution < 1.29 is 8.78 Å². The molecule has 0 amide bonds. The third kappa shape index (κ3) is 5.43. The molecule has 6 nitrogen and oxygen atoms in total. The third-order valence-electron chi connectivity index (χ3n) is 3.94. The summed E-state index contributed by atoms with van der Waals surface area (Å²) in [4.78, 5) is 15.1. The molecule has 0 aliphatic heterocycles. The SMILES string of the molecule is CN(C)CCCNc1nc(Nc2cc(F)ccc2F)cc(-c2cccnc2)n1. The molecule has 28 heavy (non-hydrogen) atoms. The number of rotatable bonds is 8. The number of hydrogen-bond acceptors (Lipinski definition) is 6. The fourth-order valence-corrected chi connectivity index (χ4v) is 2.58. The van der Waals surface area contributed by atoms with Gasteiger partial charge in [-0.15, -0.1) is 0 Å². The second-order valence-corrected chi connectivity index (χ2v) is 6.54. The second-order valence-electron chi connectivity index (χ2n) is 6.54. The summed E-state index contributed by atoms with van der Waals surface area (Å²) < 4.78 is 27.5. The molecule has 0 radical (unpaired) electrons. The summed E-state index contributed by atoms with van der Waals surface area (Å²) in [6.07, 6.45) is 4.27. The Morgan fingerprint density at radius 1 is 1.07 bits per heavy atom. The number of benzene rings is 1. The summed E-state index contributed by atoms with van der Waals surface area (Å²) in [6.45, 7) is 1.61. The van der Waals surface area contributed by atoms with Crippen molar-refractivity contribution in [3.05, 3.63) is 60.4 Å². The Balaban J connectivity index is 1.87. The molecule has 0 atom stereocenters. The van der Waals surface area contributed by atoms with Crippen molar-refractivity contribution in [3.63, 3.8) is 0 Å². The average Bonchev–Trinajstić information content (AvgIpc) is 2.68. The lowest BCUT2D eigenvalue weighted by atomic mass is 10.2. The van der Waals surface area contributed by atoms with E-state index in [-0.39, 0.29) is 5.69 Å². The molecule has 0 fully saturated rings. The monoisotopic (exact) mass is 384 g/mol. The van der Waals surface area contributed by atoms with Crippen molar-refractivity contribution in [2.24, 2.45) is 0 Å². The van der Waals surface area contributed by atoms with E-state index in [2.05, 4.69) is 30.5 Å². The molecular weight excluding hydrogens is 362 g/mol. The first-order valence-corrected chi connectivity index (χ1v) is 8.91. The van der Waals surface area contributed by atoms with Crippen LogP contribution in [0.15, 0.2) is 48.8 Å². The lowest BCUT2D eigenvalue weighted by Crippen LogP contribution is -2.17. The molecule has 2 aromatic heterocycles. The van der Waals surface area contributed by atoms with Gasteiger partial charge in [0.25, 0.3) is 0 Å². The molecule has 2 N–H and O–H groups in total. The van der Waals surface area contributed by atoms with Gasteiger partial charge in [-0.3, -0.25) is 4.98 Å². The van der Waals surface area contributed by atoms with Crippen molar-refractivity contribution >= 4 is 17.5 Å². The van der Waals surface area contributed by atoms with E-state index < -0.39 is 11.6 Å². The van der Waals surface area contributed by atoms with Gasteiger partial charge in [-0.1, -0.05) is 0 Å². The maximum absolute atomic E-state index is 14.0. The van der Waals surface area contributed by atoms with Crippen molar-refractivity contribution in [3.8, 4) is 11.3 Å². The minimum Gasteiger partial charge on any atom is -0.354 e. The van der Waals surface area contributed by atoms with Gasteiger partial charge in [-0.05, 0) is 51.3 Å². The highest BCUT2D eigenvalue weighted by molar-refractivity contribution is 5.67. The van der Waals surface area contributed by atoms with Crippen molar-refractivity contribution in [1.82, 2.24) is 19.9 Å². The van der Waals surface area contributed by atoms with Crippen LogP contribution >= 0.6 is 0 Å². The van der Waals surface area contributed by atoms with Crippen molar-refractivity contribution in [1.29, 1.82) is 0 Å². The number of hydrogen-bond donors (Lipinski definition) is 2. The van der Waals surface area contributed by atoms with Gasteiger partial charge in [0.05, 0.1) is 11.4 Å². The van der Waals surface area contributed by atoms with Crippen LogP contribution in [0.3, 0.4) is 0 Å². The van der Waals surface area contributed by atoms with Gasteiger partial charge in [-0.25, -0.2) is 13.8 Å². The highest BCUT2D eigenvalue weighted by Crippen LogP contribution is 2.25. The average molecular weight is 384 g/mol. The van der Waals surface area contributed by atoms with Crippen molar-refractivity contribution in [2.75, 3.05) is 37.8 Å². The summed E-state index contributed by atoms with van der Waals surface area (Å²) in [7, 11) is 4.02. The van der Waals surface area contributed by atoms with Gasteiger partial charge in [0.1, 0.15) is 17.5 Å². The Morgan fingerprint density at radius 3 is 2.68 bits per heavy atom. The van der Waals surface area contributed by atoms with Gasteiger partial charge < -0.3 is 15.5 Å². The summed E-state index contributed by atoms with van der Waals surface area (Å²) in [6, 6.07) is 8.58. The van der Waals surface area contributed by atoms with E-state index in [1.165, 1.54) is 0 Å². The van der Waals surface area contributed by atoms with Crippen LogP contribution in [-0.4, -0.2) is 47.0 Å². The lowest BCUT2D eigenvalue weighted by molar-refractivity contribution is 0.405. The van der Waals surface area contributed by atoms with E-state index in [9.17, 15) is 8.78 Å². The van der Waals surface area contributed by atoms with Gasteiger partial charge >= 0.3 is 0 Å². The molecule has 0 aliphatic carbocycles. The molecule has 8 heteroatoms. The Bertz CT molecular complexity index is 918. The highest BCUT2D eigenvalue weighted by Gasteiger charge is 2.10. The van der Waals surface area contributed by atoms with E-state index in [1.807, 2.05) is 20.2 Å². The molecular formula is C20H22F2N6. The standard InChI is InChI=1S/C20H22F2N6/c1-28(2)10-4-9-24-20-26-17(14-5-3-8-23-13-14)12-19(27-20)25-18-11-15(21)6-7-16(18)22/h3,5-8,11-13H,4,9-10H2,1-2H3,(H2,24,25,26,27). The summed E-state index contributed by atoms with van der Waals surface area (Å²) >= 11 is 0. The predicted octanol–water partition coefficient (Wildman–Crippen LogP) is 3.92. The maximum atomic E-state index is 14.0. The van der Waals surface area contributed by atoms with Crippen LogP contribution < -0.4 is 10.6 Å². The number of nitrogens with zero attached hydrogens (tertiary/aromatic N) is 4. The topological polar surface area (TPSA) is 66.0 Å². The normalized spacial score (nSPS) is 10.9. The molecule has 0 unspecified atom stereocenters. The zero-order valence-corrected chi connectivity index (χ0v) is 15.8. The Hall–Kier alpha value is -3.13. The lowest BCUT2D eigenvalue weighted by Gasteiger charge is -2.13. The Morgan fingerprint density at radius 2 is 1.93 bits per heavy atom. The van der Waals surface area contributed by atoms with Crippen LogP contribution in [0.25, 0.3) is 11.3 Å². The van der Waals surface area contributed by atoms with Crippen LogP contribution in [0.2, 0.25) is 0 Å². The number of halogens is 2. The summed E-state index contributed by atoms with van der Waals surface area (Å²) in [5.41, 5.74) is 1.43. The number of pyridine rings is 1. The first kappa shape index (κ1) is 19.6. The van der Waals surface area contributed by atoms with E-state index in [4.69, 9.17) is 0 Å². The predicted molar refractivity (Wildman–Crippen MR) is 107 cm³/mol. The fraction of sp³-hybridized carbons (Fsp3) is 0.250. The quantitative estimate of drug-likeness (QED) is 0.574. The summed E-state index contributed by atoms with van der Waals surface area (Å²) in [5.74, 6) is -0.344. The largest absolute Gasteiger partial charge is 0.354 e. The van der Waals surface area contributed by atoms with Crippen LogP contribution in [0.4, 0.5) is 26.2 Å². The molecule has 0 spiro atoms. The smallest absolute Gasteiger partial charge is 0.225 e. The van der Waals surface area contributed by atoms with Crippen LogP contribution in [0.1, 0.15) is 6.42 Å². The van der Waals surface area contributed by atoms with Crippen LogP contribution in [0, 0.1) is 11.6 Å². The van der Waals surface area contributed by atoms with E-state index in [0.29, 0.717) is 24.0 Å². The Labute approximate surface area is 162 Å². The first-order valence-electron chi connectivity index (χ1n) is 8.91. The number of nitrogens with one attached hydrogen (secondary N) is 2. The molecule has 0 bridgehead atoms. The third-order valence-corrected chi connectivity index (χ3v) is 3.94. The molecule has 3 aromatic rings. The number of aromatic nitrogens is 3. The van der Waals surface area contributed by atoms with Gasteiger partial charge in [0.2, 0.25) is 5.95 Å². The van der Waals surface area contributed by atoms with Gasteiger partial charge in [0.15, 0.2) is 0 Å². The summed E-state index contributed by atoms with van der Waals surface area (Å²) in [5, 5.41) is 6.02. The van der Waals surface area contributed by atoms with E-state index in [1.54, 1.807) is 24.5 Å². The highest BCUT2D eigenvalue weighted by atomic mass is 19.1. The number of anilines is 3. The zero-order valence-electron chi connectivity index (χ0n) is 15.8. The minimum atomic E-state index is -0.566. The second kappa shape index (κ2) is 9.18. The Kier molecular flexibility index (Phi) is 6.44. The molecule has 146 valence electrons. The van der Waals surface area contributed by atoms with Crippen LogP contribution in [0.5, 0.6) is 0 Å². The minimum absolute atomic E-state index is 0.00870. The van der Waals surface area contributed by atoms with Gasteiger partial charge in [-0.2, -0.15) is 4.98 Å². The molecule has 2 heterocycles. The molecule has 1 aromatic carbocycles. The van der Waals surface area contributed by atoms with Gasteiger partial charge in [0, 0.05) is 36.6 Å². The zero-order chi connectivity index (χ0) is 19.9.